The second-order valence-corrected chi connectivity index (χ2v) is 8.14. The normalized spacial score (nSPS) is 12.5. The summed E-state index contributed by atoms with van der Waals surface area (Å²) in [6.45, 7) is 9.22. The van der Waals surface area contributed by atoms with Gasteiger partial charge >= 0.3 is 0 Å². The highest BCUT2D eigenvalue weighted by molar-refractivity contribution is 7.89. The summed E-state index contributed by atoms with van der Waals surface area (Å²) >= 11 is 0. The van der Waals surface area contributed by atoms with E-state index in [2.05, 4.69) is 10.0 Å². The molecule has 146 valence electrons. The third-order valence-electron chi connectivity index (χ3n) is 4.04. The molecule has 0 aliphatic heterocycles. The number of hydrogen-bond acceptors (Lipinski definition) is 4. The molecule has 0 aliphatic rings. The first-order chi connectivity index (χ1) is 12.7. The van der Waals surface area contributed by atoms with Crippen molar-refractivity contribution in [1.82, 2.24) is 4.72 Å². The Morgan fingerprint density at radius 1 is 1.11 bits per heavy atom. The fourth-order valence-corrected chi connectivity index (χ4v) is 4.68. The molecule has 6 nitrogen and oxygen atoms in total. The molecule has 0 heterocycles. The van der Waals surface area contributed by atoms with E-state index < -0.39 is 22.0 Å². The zero-order valence-electron chi connectivity index (χ0n) is 16.3. The summed E-state index contributed by atoms with van der Waals surface area (Å²) in [5.74, 6) is 0.0711. The van der Waals surface area contributed by atoms with E-state index in [0.29, 0.717) is 29.2 Å². The minimum atomic E-state index is -3.84. The van der Waals surface area contributed by atoms with E-state index in [0.717, 1.165) is 5.56 Å². The van der Waals surface area contributed by atoms with E-state index in [9.17, 15) is 13.2 Å². The monoisotopic (exact) mass is 390 g/mol. The first-order valence-electron chi connectivity index (χ1n) is 8.78. The molecule has 0 fully saturated rings. The van der Waals surface area contributed by atoms with Crippen molar-refractivity contribution in [2.45, 2.75) is 45.6 Å². The third kappa shape index (κ3) is 5.08. The van der Waals surface area contributed by atoms with E-state index >= 15 is 0 Å². The van der Waals surface area contributed by atoms with Gasteiger partial charge in [0.1, 0.15) is 5.75 Å². The summed E-state index contributed by atoms with van der Waals surface area (Å²) in [5, 5.41) is 2.72. The Labute approximate surface area is 161 Å². The maximum Gasteiger partial charge on any atom is 0.242 e. The first kappa shape index (κ1) is 20.9. The van der Waals surface area contributed by atoms with Crippen LogP contribution in [0.15, 0.2) is 41.3 Å². The highest BCUT2D eigenvalue weighted by Gasteiger charge is 2.25. The van der Waals surface area contributed by atoms with Gasteiger partial charge in [-0.05, 0) is 57.9 Å². The van der Waals surface area contributed by atoms with Crippen LogP contribution >= 0.6 is 0 Å². The Hall–Kier alpha value is -2.38. The average Bonchev–Trinajstić information content (AvgIpc) is 2.55. The number of hydrogen-bond donors (Lipinski definition) is 2. The molecule has 0 aromatic heterocycles. The number of nitrogens with one attached hydrogen (secondary N) is 2. The standard InChI is InChI=1S/C20H26N2O4S/c1-6-26-18-10-8-7-9-17(18)21-20(23)16(5)22-27(24,25)19-14(3)11-13(2)12-15(19)4/h7-12,16,22H,6H2,1-5H3,(H,21,23). The van der Waals surface area contributed by atoms with Crippen LogP contribution in [-0.4, -0.2) is 27.0 Å². The van der Waals surface area contributed by atoms with Gasteiger partial charge in [0.05, 0.1) is 23.2 Å². The predicted octanol–water partition coefficient (Wildman–Crippen LogP) is 3.32. The zero-order valence-corrected chi connectivity index (χ0v) is 17.1. The molecule has 0 bridgehead atoms. The van der Waals surface area contributed by atoms with Crippen LogP contribution in [0.2, 0.25) is 0 Å². The number of anilines is 1. The van der Waals surface area contributed by atoms with Crippen molar-refractivity contribution in [2.75, 3.05) is 11.9 Å². The van der Waals surface area contributed by atoms with Gasteiger partial charge in [-0.1, -0.05) is 29.8 Å². The van der Waals surface area contributed by atoms with E-state index in [-0.39, 0.29) is 4.90 Å². The molecule has 0 radical (unpaired) electrons. The van der Waals surface area contributed by atoms with Crippen LogP contribution in [0, 0.1) is 20.8 Å². The summed E-state index contributed by atoms with van der Waals surface area (Å²) < 4.78 is 33.6. The second-order valence-electron chi connectivity index (χ2n) is 6.49. The van der Waals surface area contributed by atoms with Crippen molar-refractivity contribution >= 4 is 21.6 Å². The van der Waals surface area contributed by atoms with E-state index in [1.807, 2.05) is 26.0 Å². The topological polar surface area (TPSA) is 84.5 Å². The number of sulfonamides is 1. The molecule has 0 saturated carbocycles. The van der Waals surface area contributed by atoms with Crippen LogP contribution in [0.5, 0.6) is 5.75 Å². The fourth-order valence-electron chi connectivity index (χ4n) is 3.03. The minimum Gasteiger partial charge on any atom is -0.492 e. The Kier molecular flexibility index (Phi) is 6.62. The predicted molar refractivity (Wildman–Crippen MR) is 107 cm³/mol. The lowest BCUT2D eigenvalue weighted by Gasteiger charge is -2.18. The molecule has 7 heteroatoms. The van der Waals surface area contributed by atoms with Crippen molar-refractivity contribution in [3.8, 4) is 5.75 Å². The molecule has 2 N–H and O–H groups in total. The Balaban J connectivity index is 2.19. The van der Waals surface area contributed by atoms with Crippen LogP contribution in [0.1, 0.15) is 30.5 Å². The van der Waals surface area contributed by atoms with Crippen LogP contribution in [-0.2, 0) is 14.8 Å². The average molecular weight is 391 g/mol. The van der Waals surface area contributed by atoms with Crippen molar-refractivity contribution in [3.63, 3.8) is 0 Å². The van der Waals surface area contributed by atoms with Crippen LogP contribution in [0.25, 0.3) is 0 Å². The van der Waals surface area contributed by atoms with Gasteiger partial charge in [-0.25, -0.2) is 8.42 Å². The molecule has 2 rings (SSSR count). The second kappa shape index (κ2) is 8.54. The van der Waals surface area contributed by atoms with Crippen molar-refractivity contribution in [2.24, 2.45) is 0 Å². The lowest BCUT2D eigenvalue weighted by molar-refractivity contribution is -0.117. The third-order valence-corrected chi connectivity index (χ3v) is 5.89. The van der Waals surface area contributed by atoms with Gasteiger partial charge in [0.2, 0.25) is 15.9 Å². The van der Waals surface area contributed by atoms with Crippen LogP contribution in [0.3, 0.4) is 0 Å². The summed E-state index contributed by atoms with van der Waals surface area (Å²) in [7, 11) is -3.84. The van der Waals surface area contributed by atoms with Crippen LogP contribution < -0.4 is 14.8 Å². The lowest BCUT2D eigenvalue weighted by atomic mass is 10.1. The molecular weight excluding hydrogens is 364 g/mol. The smallest absolute Gasteiger partial charge is 0.242 e. The maximum absolute atomic E-state index is 12.8. The van der Waals surface area contributed by atoms with E-state index in [4.69, 9.17) is 4.74 Å². The number of rotatable bonds is 7. The van der Waals surface area contributed by atoms with Gasteiger partial charge in [0.15, 0.2) is 0 Å². The molecule has 1 unspecified atom stereocenters. The molecule has 0 aliphatic carbocycles. The van der Waals surface area contributed by atoms with E-state index in [1.54, 1.807) is 38.1 Å². The van der Waals surface area contributed by atoms with Gasteiger partial charge in [-0.15, -0.1) is 0 Å². The molecule has 27 heavy (non-hydrogen) atoms. The van der Waals surface area contributed by atoms with Gasteiger partial charge in [0.25, 0.3) is 0 Å². The Bertz CT molecular complexity index is 916. The molecule has 1 amide bonds. The quantitative estimate of drug-likeness (QED) is 0.760. The van der Waals surface area contributed by atoms with Crippen LogP contribution in [0.4, 0.5) is 5.69 Å². The number of aryl methyl sites for hydroxylation is 3. The summed E-state index contributed by atoms with van der Waals surface area (Å²) in [4.78, 5) is 12.7. The van der Waals surface area contributed by atoms with Crippen molar-refractivity contribution in [3.05, 3.63) is 53.1 Å². The molecular formula is C20H26N2O4S. The highest BCUT2D eigenvalue weighted by Crippen LogP contribution is 2.24. The molecule has 1 atom stereocenters. The fraction of sp³-hybridized carbons (Fsp3) is 0.350. The van der Waals surface area contributed by atoms with Gasteiger partial charge in [-0.3, -0.25) is 4.79 Å². The van der Waals surface area contributed by atoms with Crippen molar-refractivity contribution in [1.29, 1.82) is 0 Å². The summed E-state index contributed by atoms with van der Waals surface area (Å²) in [6, 6.07) is 9.69. The molecule has 0 spiro atoms. The highest BCUT2D eigenvalue weighted by atomic mass is 32.2. The maximum atomic E-state index is 12.8. The summed E-state index contributed by atoms with van der Waals surface area (Å²) in [5.41, 5.74) is 2.78. The molecule has 2 aromatic rings. The van der Waals surface area contributed by atoms with Gasteiger partial charge < -0.3 is 10.1 Å². The first-order valence-corrected chi connectivity index (χ1v) is 10.3. The van der Waals surface area contributed by atoms with Crippen molar-refractivity contribution < 1.29 is 17.9 Å². The number of ether oxygens (including phenoxy) is 1. The SMILES string of the molecule is CCOc1ccccc1NC(=O)C(C)NS(=O)(=O)c1c(C)cc(C)cc1C. The number of carbonyl (C=O) groups excluding carboxylic acids is 1. The number of para-hydroxylation sites is 2. The number of benzene rings is 2. The number of amides is 1. The molecule has 0 saturated heterocycles. The van der Waals surface area contributed by atoms with Gasteiger partial charge in [-0.2, -0.15) is 4.72 Å². The van der Waals surface area contributed by atoms with Gasteiger partial charge in [0, 0.05) is 0 Å². The largest absolute Gasteiger partial charge is 0.492 e. The zero-order chi connectivity index (χ0) is 20.2. The Morgan fingerprint density at radius 3 is 2.30 bits per heavy atom. The summed E-state index contributed by atoms with van der Waals surface area (Å²) in [6.07, 6.45) is 0. The number of carbonyl (C=O) groups is 1. The minimum absolute atomic E-state index is 0.211. The Morgan fingerprint density at radius 2 is 1.70 bits per heavy atom. The van der Waals surface area contributed by atoms with E-state index in [1.165, 1.54) is 6.92 Å². The molecule has 2 aromatic carbocycles. The lowest BCUT2D eigenvalue weighted by Crippen LogP contribution is -2.42.